The van der Waals surface area contributed by atoms with Gasteiger partial charge in [-0.2, -0.15) is 0 Å². The smallest absolute Gasteiger partial charge is 0.208 e. The third-order valence-corrected chi connectivity index (χ3v) is 10.2. The summed E-state index contributed by atoms with van der Waals surface area (Å²) in [6, 6.07) is 0. The summed E-state index contributed by atoms with van der Waals surface area (Å²) in [5.74, 6) is -1.68. The van der Waals surface area contributed by atoms with Crippen LogP contribution in [-0.2, 0) is 14.2 Å². The van der Waals surface area contributed by atoms with Gasteiger partial charge in [0.25, 0.3) is 0 Å². The molecule has 4 unspecified atom stereocenters. The van der Waals surface area contributed by atoms with Crippen molar-refractivity contribution in [1.82, 2.24) is 5.32 Å². The predicted octanol–water partition coefficient (Wildman–Crippen LogP) is 1.56. The van der Waals surface area contributed by atoms with Gasteiger partial charge in [0.05, 0.1) is 29.8 Å². The topological polar surface area (TPSA) is 90.1 Å². The van der Waals surface area contributed by atoms with Crippen molar-refractivity contribution >= 4 is 0 Å². The van der Waals surface area contributed by atoms with E-state index in [1.54, 1.807) is 0 Å². The largest absolute Gasteiger partial charge is 0.390 e. The number of aliphatic hydroxyl groups is 2. The SMILES string of the molecule is CC1(C)O[C@@H]2[C@H]3CCC4[C@]56C=CCC(C)(C)C5[C@H](O)[C@](OC6)(O1)[C@]42C(O)C31CN1. The Morgan fingerprint density at radius 2 is 1.86 bits per heavy atom. The van der Waals surface area contributed by atoms with Gasteiger partial charge in [-0.05, 0) is 44.4 Å². The molecule has 4 spiro atoms. The molecule has 0 amide bonds. The van der Waals surface area contributed by atoms with E-state index in [2.05, 4.69) is 31.3 Å². The van der Waals surface area contributed by atoms with Crippen LogP contribution in [0.4, 0.5) is 0 Å². The minimum Gasteiger partial charge on any atom is -0.390 e. The molecule has 4 bridgehead atoms. The standard InChI is InChI=1S/C23H33NO5/c1-18(2)8-5-9-20-11-27-23(15(25)14(18)20)22-13(20)7-6-12(21(10-24-21)17(22)26)16(22)28-19(3,4)29-23/h5,9,12-17,24-26H,6-8,10-11H2,1-4H3/t12-,13?,14?,15+,16-,17?,20-,21?,22-,23+/m1/s1. The van der Waals surface area contributed by atoms with Gasteiger partial charge >= 0.3 is 0 Å². The van der Waals surface area contributed by atoms with Gasteiger partial charge in [-0.1, -0.05) is 26.0 Å². The van der Waals surface area contributed by atoms with Gasteiger partial charge in [0.1, 0.15) is 6.10 Å². The van der Waals surface area contributed by atoms with Crippen LogP contribution in [0.3, 0.4) is 0 Å². The molecule has 7 fully saturated rings. The zero-order valence-corrected chi connectivity index (χ0v) is 17.8. The van der Waals surface area contributed by atoms with Crippen LogP contribution in [0.5, 0.6) is 0 Å². The molecule has 0 aromatic rings. The number of hydrogen-bond donors (Lipinski definition) is 3. The molecule has 160 valence electrons. The first-order valence-corrected chi connectivity index (χ1v) is 11.4. The molecule has 4 heterocycles. The molecule has 0 radical (unpaired) electrons. The maximum atomic E-state index is 12.1. The number of fused-ring (bicyclic) bond motifs is 2. The fraction of sp³-hybridized carbons (Fsp3) is 0.913. The Morgan fingerprint density at radius 3 is 2.59 bits per heavy atom. The lowest BCUT2D eigenvalue weighted by Crippen LogP contribution is -2.87. The first-order valence-electron chi connectivity index (χ1n) is 11.4. The Hall–Kier alpha value is -0.500. The van der Waals surface area contributed by atoms with E-state index >= 15 is 0 Å². The van der Waals surface area contributed by atoms with Crippen LogP contribution in [0.2, 0.25) is 0 Å². The molecule has 10 atom stereocenters. The molecule has 4 aliphatic carbocycles. The molecule has 3 saturated carbocycles. The lowest BCUT2D eigenvalue weighted by Gasteiger charge is -2.77. The summed E-state index contributed by atoms with van der Waals surface area (Å²) in [5, 5.41) is 27.5. The Balaban J connectivity index is 1.54. The van der Waals surface area contributed by atoms with E-state index < -0.39 is 29.2 Å². The van der Waals surface area contributed by atoms with Crippen molar-refractivity contribution in [2.24, 2.45) is 34.0 Å². The first kappa shape index (κ1) is 18.1. The summed E-state index contributed by atoms with van der Waals surface area (Å²) in [6.45, 7) is 9.72. The van der Waals surface area contributed by atoms with Crippen molar-refractivity contribution in [2.45, 2.75) is 82.4 Å². The van der Waals surface area contributed by atoms with Crippen LogP contribution >= 0.6 is 0 Å². The number of rotatable bonds is 0. The molecule has 4 saturated heterocycles. The highest BCUT2D eigenvalue weighted by atomic mass is 16.8. The number of hydrogen-bond acceptors (Lipinski definition) is 6. The van der Waals surface area contributed by atoms with Crippen molar-refractivity contribution in [3.05, 3.63) is 12.2 Å². The zero-order valence-electron chi connectivity index (χ0n) is 17.8. The molecular formula is C23H33NO5. The van der Waals surface area contributed by atoms with Gasteiger partial charge in [0.15, 0.2) is 5.79 Å². The van der Waals surface area contributed by atoms with Gasteiger partial charge in [-0.15, -0.1) is 0 Å². The second-order valence-corrected chi connectivity index (χ2v) is 12.1. The molecule has 8 rings (SSSR count). The van der Waals surface area contributed by atoms with Crippen LogP contribution in [0.25, 0.3) is 0 Å². The normalized spacial score (nSPS) is 64.6. The van der Waals surface area contributed by atoms with Crippen LogP contribution in [0.1, 0.15) is 47.0 Å². The molecular weight excluding hydrogens is 370 g/mol. The second kappa shape index (κ2) is 4.64. The average molecular weight is 404 g/mol. The third-order valence-electron chi connectivity index (χ3n) is 10.2. The highest BCUT2D eigenvalue weighted by molar-refractivity contribution is 5.41. The summed E-state index contributed by atoms with van der Waals surface area (Å²) in [7, 11) is 0. The molecule has 8 aliphatic rings. The van der Waals surface area contributed by atoms with Crippen molar-refractivity contribution < 1.29 is 24.4 Å². The summed E-state index contributed by atoms with van der Waals surface area (Å²) in [4.78, 5) is 0. The van der Waals surface area contributed by atoms with E-state index in [4.69, 9.17) is 14.2 Å². The van der Waals surface area contributed by atoms with Gasteiger partial charge in [-0.3, -0.25) is 0 Å². The molecule has 3 N–H and O–H groups in total. The third kappa shape index (κ3) is 1.58. The lowest BCUT2D eigenvalue weighted by atomic mass is 9.37. The number of aliphatic hydroxyl groups excluding tert-OH is 2. The first-order chi connectivity index (χ1) is 13.6. The highest BCUT2D eigenvalue weighted by Gasteiger charge is 2.92. The Morgan fingerprint density at radius 1 is 1.10 bits per heavy atom. The van der Waals surface area contributed by atoms with E-state index in [0.29, 0.717) is 6.61 Å². The van der Waals surface area contributed by atoms with Gasteiger partial charge in [0.2, 0.25) is 5.79 Å². The molecule has 4 aliphatic heterocycles. The minimum atomic E-state index is -1.23. The second-order valence-electron chi connectivity index (χ2n) is 12.1. The van der Waals surface area contributed by atoms with Crippen molar-refractivity contribution in [3.8, 4) is 0 Å². The minimum absolute atomic E-state index is 0.0337. The van der Waals surface area contributed by atoms with Gasteiger partial charge in [0, 0.05) is 23.8 Å². The number of allylic oxidation sites excluding steroid dienone is 1. The van der Waals surface area contributed by atoms with Gasteiger partial charge < -0.3 is 29.7 Å². The molecule has 0 aromatic heterocycles. The van der Waals surface area contributed by atoms with Crippen molar-refractivity contribution in [3.63, 3.8) is 0 Å². The predicted molar refractivity (Wildman–Crippen MR) is 104 cm³/mol. The van der Waals surface area contributed by atoms with Crippen LogP contribution < -0.4 is 5.32 Å². The van der Waals surface area contributed by atoms with Gasteiger partial charge in [-0.25, -0.2) is 0 Å². The Kier molecular flexibility index (Phi) is 2.90. The average Bonchev–Trinajstić information content (AvgIpc) is 3.41. The molecule has 6 heteroatoms. The summed E-state index contributed by atoms with van der Waals surface area (Å²) < 4.78 is 19.9. The fourth-order valence-corrected chi connectivity index (χ4v) is 9.48. The Bertz CT molecular complexity index is 835. The van der Waals surface area contributed by atoms with E-state index in [0.717, 1.165) is 25.8 Å². The lowest BCUT2D eigenvalue weighted by molar-refractivity contribution is -0.540. The van der Waals surface area contributed by atoms with E-state index in [9.17, 15) is 10.2 Å². The molecule has 0 aromatic carbocycles. The maximum Gasteiger partial charge on any atom is 0.208 e. The Labute approximate surface area is 172 Å². The van der Waals surface area contributed by atoms with Crippen LogP contribution in [0, 0.1) is 34.0 Å². The van der Waals surface area contributed by atoms with E-state index in [1.165, 1.54) is 0 Å². The summed E-state index contributed by atoms with van der Waals surface area (Å²) in [6.07, 6.45) is 5.96. The maximum absolute atomic E-state index is 12.1. The zero-order chi connectivity index (χ0) is 20.2. The highest BCUT2D eigenvalue weighted by Crippen LogP contribution is 2.80. The molecule has 6 nitrogen and oxygen atoms in total. The summed E-state index contributed by atoms with van der Waals surface area (Å²) in [5.41, 5.74) is -1.43. The monoisotopic (exact) mass is 403 g/mol. The summed E-state index contributed by atoms with van der Waals surface area (Å²) >= 11 is 0. The molecule has 29 heavy (non-hydrogen) atoms. The van der Waals surface area contributed by atoms with E-state index in [1.807, 2.05) is 13.8 Å². The van der Waals surface area contributed by atoms with Crippen molar-refractivity contribution in [2.75, 3.05) is 13.2 Å². The number of nitrogens with one attached hydrogen (secondary N) is 1. The van der Waals surface area contributed by atoms with E-state index in [-0.39, 0.29) is 40.2 Å². The van der Waals surface area contributed by atoms with Crippen molar-refractivity contribution in [1.29, 1.82) is 0 Å². The fourth-order valence-electron chi connectivity index (χ4n) is 9.48. The number of ether oxygens (including phenoxy) is 3. The quantitative estimate of drug-likeness (QED) is 0.420. The van der Waals surface area contributed by atoms with Crippen LogP contribution in [-0.4, -0.2) is 58.8 Å². The van der Waals surface area contributed by atoms with Crippen LogP contribution in [0.15, 0.2) is 12.2 Å².